The van der Waals surface area contributed by atoms with E-state index in [2.05, 4.69) is 15.5 Å². The van der Waals surface area contributed by atoms with Crippen molar-refractivity contribution in [3.63, 3.8) is 0 Å². The largest absolute Gasteiger partial charge is 0.484 e. The third-order valence-corrected chi connectivity index (χ3v) is 5.02. The van der Waals surface area contributed by atoms with E-state index >= 15 is 0 Å². The first-order valence-electron chi connectivity index (χ1n) is 9.99. The van der Waals surface area contributed by atoms with Crippen LogP contribution in [-0.2, 0) is 4.79 Å². The Labute approximate surface area is 180 Å². The Morgan fingerprint density at radius 2 is 1.74 bits per heavy atom. The first-order chi connectivity index (χ1) is 15.0. The minimum Gasteiger partial charge on any atom is -0.484 e. The molecule has 156 valence electrons. The molecule has 0 radical (unpaired) electrons. The molecule has 0 aliphatic rings. The molecular formula is C25H23N3O3. The van der Waals surface area contributed by atoms with Crippen LogP contribution in [0.4, 0.5) is 5.69 Å². The van der Waals surface area contributed by atoms with Crippen LogP contribution in [0.1, 0.15) is 16.7 Å². The van der Waals surface area contributed by atoms with Crippen molar-refractivity contribution < 1.29 is 14.1 Å². The lowest BCUT2D eigenvalue weighted by molar-refractivity contribution is -0.118. The molecule has 0 bridgehead atoms. The number of rotatable bonds is 6. The van der Waals surface area contributed by atoms with Crippen molar-refractivity contribution in [2.75, 3.05) is 11.9 Å². The first-order valence-corrected chi connectivity index (χ1v) is 9.99. The van der Waals surface area contributed by atoms with Crippen LogP contribution in [-0.4, -0.2) is 22.7 Å². The van der Waals surface area contributed by atoms with Gasteiger partial charge in [-0.25, -0.2) is 0 Å². The van der Waals surface area contributed by atoms with E-state index in [0.717, 1.165) is 16.7 Å². The van der Waals surface area contributed by atoms with E-state index in [1.54, 1.807) is 6.07 Å². The maximum Gasteiger partial charge on any atom is 0.262 e. The van der Waals surface area contributed by atoms with Crippen molar-refractivity contribution in [3.8, 4) is 28.6 Å². The molecule has 0 spiro atoms. The lowest BCUT2D eigenvalue weighted by atomic mass is 10.1. The Kier molecular flexibility index (Phi) is 5.80. The van der Waals surface area contributed by atoms with Crippen LogP contribution in [0.15, 0.2) is 71.3 Å². The van der Waals surface area contributed by atoms with Gasteiger partial charge in [-0.1, -0.05) is 53.2 Å². The second kappa shape index (κ2) is 8.83. The highest BCUT2D eigenvalue weighted by Gasteiger charge is 2.15. The van der Waals surface area contributed by atoms with E-state index in [0.29, 0.717) is 28.7 Å². The molecule has 1 aromatic heterocycles. The summed E-state index contributed by atoms with van der Waals surface area (Å²) in [6.45, 7) is 5.96. The predicted octanol–water partition coefficient (Wildman–Crippen LogP) is 5.35. The standard InChI is InChI=1S/C25H23N3O3/c1-16-8-11-19(12-9-16)24-27-25(31-28-24)21-6-4-5-7-22(21)26-23(29)15-30-20-13-10-17(2)18(3)14-20/h4-14H,15H2,1-3H3,(H,26,29). The smallest absolute Gasteiger partial charge is 0.262 e. The van der Waals surface area contributed by atoms with Crippen molar-refractivity contribution in [1.82, 2.24) is 10.1 Å². The van der Waals surface area contributed by atoms with Crippen LogP contribution >= 0.6 is 0 Å². The highest BCUT2D eigenvalue weighted by atomic mass is 16.5. The Morgan fingerprint density at radius 3 is 2.52 bits per heavy atom. The van der Waals surface area contributed by atoms with Crippen LogP contribution in [0.25, 0.3) is 22.8 Å². The van der Waals surface area contributed by atoms with Crippen LogP contribution in [0.2, 0.25) is 0 Å². The van der Waals surface area contributed by atoms with Crippen molar-refractivity contribution >= 4 is 11.6 Å². The van der Waals surface area contributed by atoms with Crippen molar-refractivity contribution in [1.29, 1.82) is 0 Å². The number of aromatic nitrogens is 2. The maximum absolute atomic E-state index is 12.5. The van der Waals surface area contributed by atoms with Gasteiger partial charge in [-0.2, -0.15) is 4.98 Å². The second-order valence-corrected chi connectivity index (χ2v) is 7.42. The average Bonchev–Trinajstić information content (AvgIpc) is 3.25. The van der Waals surface area contributed by atoms with Crippen molar-refractivity contribution in [3.05, 3.63) is 83.4 Å². The lowest BCUT2D eigenvalue weighted by Crippen LogP contribution is -2.20. The zero-order chi connectivity index (χ0) is 21.8. The Morgan fingerprint density at radius 1 is 0.968 bits per heavy atom. The summed E-state index contributed by atoms with van der Waals surface area (Å²) in [7, 11) is 0. The highest BCUT2D eigenvalue weighted by Crippen LogP contribution is 2.28. The molecule has 4 rings (SSSR count). The van der Waals surface area contributed by atoms with Gasteiger partial charge in [0, 0.05) is 5.56 Å². The number of ether oxygens (including phenoxy) is 1. The molecule has 0 aliphatic carbocycles. The molecule has 4 aromatic rings. The molecule has 0 atom stereocenters. The monoisotopic (exact) mass is 413 g/mol. The summed E-state index contributed by atoms with van der Waals surface area (Å²) in [4.78, 5) is 17.0. The van der Waals surface area contributed by atoms with Gasteiger partial charge < -0.3 is 14.6 Å². The predicted molar refractivity (Wildman–Crippen MR) is 120 cm³/mol. The molecule has 0 fully saturated rings. The number of anilines is 1. The first kappa shape index (κ1) is 20.3. The fourth-order valence-electron chi connectivity index (χ4n) is 3.07. The van der Waals surface area contributed by atoms with Gasteiger partial charge >= 0.3 is 0 Å². The Hall–Kier alpha value is -3.93. The van der Waals surface area contributed by atoms with Gasteiger partial charge in [0.1, 0.15) is 5.75 Å². The molecule has 0 saturated carbocycles. The van der Waals surface area contributed by atoms with Crippen LogP contribution in [0, 0.1) is 20.8 Å². The topological polar surface area (TPSA) is 77.2 Å². The lowest BCUT2D eigenvalue weighted by Gasteiger charge is -2.10. The number of hydrogen-bond donors (Lipinski definition) is 1. The Balaban J connectivity index is 1.48. The number of carbonyl (C=O) groups excluding carboxylic acids is 1. The summed E-state index contributed by atoms with van der Waals surface area (Å²) in [5.74, 6) is 1.21. The number of para-hydroxylation sites is 1. The molecule has 6 heteroatoms. The molecule has 0 saturated heterocycles. The summed E-state index contributed by atoms with van der Waals surface area (Å²) in [6.07, 6.45) is 0. The van der Waals surface area contributed by atoms with Gasteiger partial charge in [-0.15, -0.1) is 0 Å². The average molecular weight is 413 g/mol. The second-order valence-electron chi connectivity index (χ2n) is 7.42. The zero-order valence-electron chi connectivity index (χ0n) is 17.7. The number of nitrogens with one attached hydrogen (secondary N) is 1. The molecule has 1 heterocycles. The van der Waals surface area contributed by atoms with E-state index in [-0.39, 0.29) is 12.5 Å². The van der Waals surface area contributed by atoms with Crippen LogP contribution in [0.5, 0.6) is 5.75 Å². The van der Waals surface area contributed by atoms with Gasteiger partial charge in [-0.05, 0) is 56.2 Å². The minimum atomic E-state index is -0.274. The number of carbonyl (C=O) groups is 1. The van der Waals surface area contributed by atoms with E-state index in [9.17, 15) is 4.79 Å². The van der Waals surface area contributed by atoms with Gasteiger partial charge in [0.25, 0.3) is 11.8 Å². The molecule has 1 amide bonds. The van der Waals surface area contributed by atoms with E-state index in [1.807, 2.05) is 81.4 Å². The quantitative estimate of drug-likeness (QED) is 0.461. The number of aryl methyl sites for hydroxylation is 3. The van der Waals surface area contributed by atoms with E-state index in [4.69, 9.17) is 9.26 Å². The van der Waals surface area contributed by atoms with Gasteiger partial charge in [0.05, 0.1) is 11.3 Å². The Bertz CT molecular complexity index is 1210. The molecule has 31 heavy (non-hydrogen) atoms. The maximum atomic E-state index is 12.5. The fraction of sp³-hybridized carbons (Fsp3) is 0.160. The highest BCUT2D eigenvalue weighted by molar-refractivity contribution is 5.95. The number of amides is 1. The van der Waals surface area contributed by atoms with Crippen molar-refractivity contribution in [2.24, 2.45) is 0 Å². The number of benzene rings is 3. The van der Waals surface area contributed by atoms with E-state index < -0.39 is 0 Å². The normalized spacial score (nSPS) is 10.7. The van der Waals surface area contributed by atoms with Gasteiger partial charge in [0.15, 0.2) is 6.61 Å². The molecule has 1 N–H and O–H groups in total. The summed E-state index contributed by atoms with van der Waals surface area (Å²) in [5, 5.41) is 6.95. The summed E-state index contributed by atoms with van der Waals surface area (Å²) in [5.41, 5.74) is 5.54. The van der Waals surface area contributed by atoms with Gasteiger partial charge in [-0.3, -0.25) is 4.79 Å². The minimum absolute atomic E-state index is 0.102. The van der Waals surface area contributed by atoms with Crippen molar-refractivity contribution in [2.45, 2.75) is 20.8 Å². The summed E-state index contributed by atoms with van der Waals surface area (Å²) >= 11 is 0. The third-order valence-electron chi connectivity index (χ3n) is 5.02. The molecule has 0 unspecified atom stereocenters. The zero-order valence-corrected chi connectivity index (χ0v) is 17.7. The molecule has 6 nitrogen and oxygen atoms in total. The molecule has 3 aromatic carbocycles. The van der Waals surface area contributed by atoms with Crippen LogP contribution in [0.3, 0.4) is 0 Å². The SMILES string of the molecule is Cc1ccc(-c2noc(-c3ccccc3NC(=O)COc3ccc(C)c(C)c3)n2)cc1. The molecular weight excluding hydrogens is 390 g/mol. The third kappa shape index (κ3) is 4.80. The summed E-state index contributed by atoms with van der Waals surface area (Å²) in [6, 6.07) is 20.9. The summed E-state index contributed by atoms with van der Waals surface area (Å²) < 4.78 is 11.1. The number of nitrogens with zero attached hydrogens (tertiary/aromatic N) is 2. The van der Waals surface area contributed by atoms with E-state index in [1.165, 1.54) is 5.56 Å². The van der Waals surface area contributed by atoms with Gasteiger partial charge in [0.2, 0.25) is 5.82 Å². The fourth-order valence-corrected chi connectivity index (χ4v) is 3.07. The number of hydrogen-bond acceptors (Lipinski definition) is 5. The van der Waals surface area contributed by atoms with Crippen LogP contribution < -0.4 is 10.1 Å². The molecule has 0 aliphatic heterocycles.